The number of nitrogens with one attached hydrogen (secondary N) is 2. The summed E-state index contributed by atoms with van der Waals surface area (Å²) in [4.78, 5) is 14.7. The third kappa shape index (κ3) is 8.25. The maximum absolute atomic E-state index is 12.2. The quantitative estimate of drug-likeness (QED) is 0.330. The standard InChI is InChI=1S/C30H49N3O4/c1-22(10-6-7-15-31-30(35)32-25-11-4-3-5-12-25)23(2)26(21-33-16-8-9-17-33)29(34)24-13-14-27-28(20-24)37-19-18-36-27/h13-14,20,22-23,25-26,29,34H,3-12,15-19,21H2,1-2H3,(H2,31,32,35). The topological polar surface area (TPSA) is 83.1 Å². The van der Waals surface area contributed by atoms with Gasteiger partial charge in [-0.2, -0.15) is 0 Å². The van der Waals surface area contributed by atoms with Crippen molar-refractivity contribution in [3.05, 3.63) is 23.8 Å². The van der Waals surface area contributed by atoms with Crippen LogP contribution >= 0.6 is 0 Å². The Labute approximate surface area is 223 Å². The highest BCUT2D eigenvalue weighted by atomic mass is 16.6. The van der Waals surface area contributed by atoms with Crippen LogP contribution in [0.3, 0.4) is 0 Å². The molecule has 0 spiro atoms. The summed E-state index contributed by atoms with van der Waals surface area (Å²) >= 11 is 0. The van der Waals surface area contributed by atoms with Gasteiger partial charge in [-0.3, -0.25) is 0 Å². The summed E-state index contributed by atoms with van der Waals surface area (Å²) in [6.45, 7) is 9.64. The van der Waals surface area contributed by atoms with E-state index in [1.54, 1.807) is 0 Å². The van der Waals surface area contributed by atoms with Crippen molar-refractivity contribution in [3.8, 4) is 11.5 Å². The fourth-order valence-corrected chi connectivity index (χ4v) is 6.27. The van der Waals surface area contributed by atoms with Crippen molar-refractivity contribution in [1.29, 1.82) is 0 Å². The summed E-state index contributed by atoms with van der Waals surface area (Å²) < 4.78 is 11.5. The Bertz CT molecular complexity index is 838. The van der Waals surface area contributed by atoms with Crippen molar-refractivity contribution in [2.24, 2.45) is 17.8 Å². The lowest BCUT2D eigenvalue weighted by molar-refractivity contribution is 0.0355. The maximum atomic E-state index is 12.2. The predicted octanol–water partition coefficient (Wildman–Crippen LogP) is 5.28. The minimum absolute atomic E-state index is 0.0125. The van der Waals surface area contributed by atoms with E-state index in [4.69, 9.17) is 9.47 Å². The van der Waals surface area contributed by atoms with Crippen LogP contribution in [-0.2, 0) is 0 Å². The van der Waals surface area contributed by atoms with E-state index in [2.05, 4.69) is 29.4 Å². The van der Waals surface area contributed by atoms with E-state index in [0.29, 0.717) is 31.1 Å². The number of fused-ring (bicyclic) bond motifs is 1. The van der Waals surface area contributed by atoms with Crippen molar-refractivity contribution < 1.29 is 19.4 Å². The number of ether oxygens (including phenoxy) is 2. The number of nitrogens with zero attached hydrogens (tertiary/aromatic N) is 1. The second-order valence-corrected chi connectivity index (χ2v) is 11.6. The summed E-state index contributed by atoms with van der Waals surface area (Å²) in [5.41, 5.74) is 0.917. The Hall–Kier alpha value is -1.99. The van der Waals surface area contributed by atoms with E-state index in [9.17, 15) is 9.90 Å². The smallest absolute Gasteiger partial charge is 0.315 e. The molecule has 0 radical (unpaired) electrons. The molecule has 2 heterocycles. The first kappa shape index (κ1) is 28.0. The molecule has 7 nitrogen and oxygen atoms in total. The molecule has 1 aliphatic carbocycles. The molecule has 3 aliphatic rings. The summed E-state index contributed by atoms with van der Waals surface area (Å²) in [5, 5.41) is 17.8. The first-order valence-electron chi connectivity index (χ1n) is 14.9. The van der Waals surface area contributed by atoms with Gasteiger partial charge in [-0.15, -0.1) is 0 Å². The molecule has 4 rings (SSSR count). The number of hydrogen-bond donors (Lipinski definition) is 3. The van der Waals surface area contributed by atoms with Gasteiger partial charge in [0.15, 0.2) is 11.5 Å². The summed E-state index contributed by atoms with van der Waals surface area (Å²) in [6, 6.07) is 6.24. The molecule has 1 saturated heterocycles. The fraction of sp³-hybridized carbons (Fsp3) is 0.767. The Kier molecular flexibility index (Phi) is 10.8. The number of urea groups is 1. The Morgan fingerprint density at radius 2 is 1.76 bits per heavy atom. The van der Waals surface area contributed by atoms with Gasteiger partial charge >= 0.3 is 6.03 Å². The van der Waals surface area contributed by atoms with Gasteiger partial charge in [0.1, 0.15) is 13.2 Å². The first-order valence-corrected chi connectivity index (χ1v) is 14.9. The zero-order valence-corrected chi connectivity index (χ0v) is 23.1. The molecule has 0 aromatic heterocycles. The van der Waals surface area contributed by atoms with Gasteiger partial charge < -0.3 is 30.1 Å². The average molecular weight is 516 g/mol. The number of benzene rings is 1. The van der Waals surface area contributed by atoms with Crippen molar-refractivity contribution in [1.82, 2.24) is 15.5 Å². The molecule has 3 N–H and O–H groups in total. The van der Waals surface area contributed by atoms with Crippen LogP contribution in [0.5, 0.6) is 11.5 Å². The number of hydrogen-bond acceptors (Lipinski definition) is 5. The largest absolute Gasteiger partial charge is 0.486 e. The number of carbonyl (C=O) groups is 1. The highest BCUT2D eigenvalue weighted by Gasteiger charge is 2.33. The van der Waals surface area contributed by atoms with Gasteiger partial charge in [0.05, 0.1) is 6.10 Å². The lowest BCUT2D eigenvalue weighted by Crippen LogP contribution is -2.43. The van der Waals surface area contributed by atoms with Gasteiger partial charge in [-0.25, -0.2) is 4.79 Å². The minimum atomic E-state index is -0.543. The Morgan fingerprint density at radius 1 is 1.03 bits per heavy atom. The molecular weight excluding hydrogens is 466 g/mol. The van der Waals surface area contributed by atoms with Crippen molar-refractivity contribution in [2.75, 3.05) is 39.4 Å². The first-order chi connectivity index (χ1) is 18.0. The molecule has 1 aromatic carbocycles. The molecule has 0 bridgehead atoms. The summed E-state index contributed by atoms with van der Waals surface area (Å²) in [7, 11) is 0. The van der Waals surface area contributed by atoms with E-state index in [1.807, 2.05) is 18.2 Å². The van der Waals surface area contributed by atoms with Crippen LogP contribution < -0.4 is 20.1 Å². The highest BCUT2D eigenvalue weighted by molar-refractivity contribution is 5.74. The number of unbranched alkanes of at least 4 members (excludes halogenated alkanes) is 1. The second-order valence-electron chi connectivity index (χ2n) is 11.6. The number of likely N-dealkylation sites (tertiary alicyclic amines) is 1. The molecule has 7 heteroatoms. The lowest BCUT2D eigenvalue weighted by Gasteiger charge is -2.36. The summed E-state index contributed by atoms with van der Waals surface area (Å²) in [5.74, 6) is 2.50. The third-order valence-corrected chi connectivity index (χ3v) is 8.87. The average Bonchev–Trinajstić information content (AvgIpc) is 3.44. The van der Waals surface area contributed by atoms with Crippen molar-refractivity contribution >= 4 is 6.03 Å². The van der Waals surface area contributed by atoms with Gasteiger partial charge in [-0.05, 0) is 74.7 Å². The number of amides is 2. The molecule has 2 amide bonds. The Balaban J connectivity index is 1.26. The van der Waals surface area contributed by atoms with Gasteiger partial charge in [0, 0.05) is 25.0 Å². The lowest BCUT2D eigenvalue weighted by atomic mass is 9.76. The Morgan fingerprint density at radius 3 is 2.51 bits per heavy atom. The minimum Gasteiger partial charge on any atom is -0.486 e. The van der Waals surface area contributed by atoms with Crippen LogP contribution in [0.1, 0.15) is 89.7 Å². The van der Waals surface area contributed by atoms with Gasteiger partial charge in [0.2, 0.25) is 0 Å². The van der Waals surface area contributed by atoms with E-state index in [0.717, 1.165) is 75.3 Å². The SMILES string of the molecule is CC(CCCCNC(=O)NC1CCCCC1)C(C)C(CN1CCCC1)C(O)c1ccc2c(c1)OCCO2. The van der Waals surface area contributed by atoms with Crippen molar-refractivity contribution in [3.63, 3.8) is 0 Å². The van der Waals surface area contributed by atoms with Crippen molar-refractivity contribution in [2.45, 2.75) is 90.2 Å². The zero-order valence-electron chi connectivity index (χ0n) is 23.1. The fourth-order valence-electron chi connectivity index (χ4n) is 6.27. The molecule has 1 saturated carbocycles. The van der Waals surface area contributed by atoms with Crippen LogP contribution in [0.15, 0.2) is 18.2 Å². The second kappa shape index (κ2) is 14.2. The molecule has 2 fully saturated rings. The number of carbonyl (C=O) groups excluding carboxylic acids is 1. The van der Waals surface area contributed by atoms with Gasteiger partial charge in [-0.1, -0.05) is 52.0 Å². The van der Waals surface area contributed by atoms with Crippen LogP contribution in [0, 0.1) is 17.8 Å². The van der Waals surface area contributed by atoms with Crippen LogP contribution in [0.25, 0.3) is 0 Å². The van der Waals surface area contributed by atoms with Gasteiger partial charge in [0.25, 0.3) is 0 Å². The monoisotopic (exact) mass is 515 g/mol. The third-order valence-electron chi connectivity index (χ3n) is 8.87. The molecule has 1 aromatic rings. The maximum Gasteiger partial charge on any atom is 0.315 e. The summed E-state index contributed by atoms with van der Waals surface area (Å²) in [6.07, 6.45) is 11.1. The van der Waals surface area contributed by atoms with E-state index < -0.39 is 6.10 Å². The number of aliphatic hydroxyl groups excluding tert-OH is 1. The van der Waals surface area contributed by atoms with Crippen LogP contribution in [0.2, 0.25) is 0 Å². The number of rotatable bonds is 12. The number of aliphatic hydroxyl groups is 1. The molecule has 37 heavy (non-hydrogen) atoms. The van der Waals surface area contributed by atoms with Crippen LogP contribution in [-0.4, -0.2) is 61.5 Å². The van der Waals surface area contributed by atoms with E-state index in [1.165, 1.54) is 32.1 Å². The van der Waals surface area contributed by atoms with E-state index in [-0.39, 0.29) is 11.9 Å². The predicted molar refractivity (Wildman–Crippen MR) is 147 cm³/mol. The molecule has 4 unspecified atom stereocenters. The molecule has 4 atom stereocenters. The van der Waals surface area contributed by atoms with E-state index >= 15 is 0 Å². The van der Waals surface area contributed by atoms with Crippen LogP contribution in [0.4, 0.5) is 4.79 Å². The zero-order chi connectivity index (χ0) is 26.0. The molecule has 2 aliphatic heterocycles. The molecule has 208 valence electrons. The normalized spacial score (nSPS) is 21.7. The highest BCUT2D eigenvalue weighted by Crippen LogP contribution is 2.39. The molecular formula is C30H49N3O4.